The number of amides is 1. The van der Waals surface area contributed by atoms with Crippen LogP contribution in [0.2, 0.25) is 0 Å². The Morgan fingerprint density at radius 1 is 1.25 bits per heavy atom. The molecule has 0 saturated carbocycles. The van der Waals surface area contributed by atoms with E-state index in [4.69, 9.17) is 9.47 Å². The van der Waals surface area contributed by atoms with E-state index in [1.807, 2.05) is 12.5 Å². The van der Waals surface area contributed by atoms with Crippen LogP contribution in [0.4, 0.5) is 0 Å². The van der Waals surface area contributed by atoms with Crippen molar-refractivity contribution in [3.63, 3.8) is 0 Å². The molecule has 1 aliphatic heterocycles. The van der Waals surface area contributed by atoms with E-state index in [1.54, 1.807) is 21.9 Å². The molecular formula is C10H11NO3S2. The number of fused-ring (bicyclic) bond motifs is 1. The molecule has 1 aromatic rings. The van der Waals surface area contributed by atoms with Gasteiger partial charge in [-0.1, -0.05) is 0 Å². The van der Waals surface area contributed by atoms with E-state index in [0.29, 0.717) is 17.1 Å². The van der Waals surface area contributed by atoms with Crippen molar-refractivity contribution >= 4 is 29.8 Å². The van der Waals surface area contributed by atoms with E-state index in [0.717, 1.165) is 0 Å². The molecule has 4 nitrogen and oxygen atoms in total. The zero-order chi connectivity index (χ0) is 11.5. The molecule has 0 atom stereocenters. The fourth-order valence-corrected chi connectivity index (χ4v) is 2.51. The van der Waals surface area contributed by atoms with Gasteiger partial charge in [0.25, 0.3) is 5.91 Å². The van der Waals surface area contributed by atoms with Crippen LogP contribution >= 0.6 is 23.9 Å². The summed E-state index contributed by atoms with van der Waals surface area (Å²) >= 11 is 2.76. The zero-order valence-corrected chi connectivity index (χ0v) is 10.6. The fourth-order valence-electron chi connectivity index (χ4n) is 1.38. The summed E-state index contributed by atoms with van der Waals surface area (Å²) in [5.41, 5.74) is 0.605. The molecule has 1 aromatic carbocycles. The van der Waals surface area contributed by atoms with Crippen LogP contribution in [0.5, 0.6) is 11.5 Å². The van der Waals surface area contributed by atoms with Gasteiger partial charge in [0, 0.05) is 18.1 Å². The van der Waals surface area contributed by atoms with Crippen LogP contribution in [-0.2, 0) is 0 Å². The molecule has 1 heterocycles. The average molecular weight is 257 g/mol. The fraction of sp³-hybridized carbons (Fsp3) is 0.300. The Morgan fingerprint density at radius 2 is 1.94 bits per heavy atom. The SMILES string of the molecule is CSN(SC)C(=O)c1ccc2c(c1)OCO2. The standard InChI is InChI=1S/C10H11NO3S2/c1-15-11(16-2)10(12)7-3-4-8-9(5-7)14-6-13-8/h3-5H,6H2,1-2H3. The highest BCUT2D eigenvalue weighted by atomic mass is 32.2. The molecule has 0 N–H and O–H groups in total. The largest absolute Gasteiger partial charge is 0.454 e. The number of carbonyl (C=O) groups excluding carboxylic acids is 1. The summed E-state index contributed by atoms with van der Waals surface area (Å²) in [7, 11) is 0. The number of rotatable bonds is 3. The lowest BCUT2D eigenvalue weighted by Crippen LogP contribution is -2.16. The van der Waals surface area contributed by atoms with E-state index >= 15 is 0 Å². The minimum Gasteiger partial charge on any atom is -0.454 e. The molecule has 16 heavy (non-hydrogen) atoms. The van der Waals surface area contributed by atoms with Crippen LogP contribution in [0.1, 0.15) is 10.4 Å². The van der Waals surface area contributed by atoms with Crippen molar-refractivity contribution in [2.75, 3.05) is 19.3 Å². The molecule has 0 unspecified atom stereocenters. The Kier molecular flexibility index (Phi) is 3.50. The lowest BCUT2D eigenvalue weighted by Gasteiger charge is -2.15. The molecule has 86 valence electrons. The molecule has 6 heteroatoms. The predicted molar refractivity (Wildman–Crippen MR) is 65.8 cm³/mol. The molecule has 1 amide bonds. The smallest absolute Gasteiger partial charge is 0.274 e. The minimum atomic E-state index is -0.0432. The van der Waals surface area contributed by atoms with Crippen LogP contribution in [0, 0.1) is 0 Å². The van der Waals surface area contributed by atoms with Crippen molar-refractivity contribution in [2.24, 2.45) is 0 Å². The maximum absolute atomic E-state index is 12.0. The maximum Gasteiger partial charge on any atom is 0.274 e. The third-order valence-corrected chi connectivity index (χ3v) is 4.01. The number of carbonyl (C=O) groups is 1. The first-order valence-electron chi connectivity index (χ1n) is 4.58. The van der Waals surface area contributed by atoms with Gasteiger partial charge in [0.1, 0.15) is 0 Å². The highest BCUT2D eigenvalue weighted by molar-refractivity contribution is 8.12. The zero-order valence-electron chi connectivity index (χ0n) is 8.93. The average Bonchev–Trinajstić information content (AvgIpc) is 2.77. The summed E-state index contributed by atoms with van der Waals surface area (Å²) in [5, 5.41) is 0. The van der Waals surface area contributed by atoms with Gasteiger partial charge in [0.2, 0.25) is 6.79 Å². The molecule has 2 rings (SSSR count). The van der Waals surface area contributed by atoms with Crippen LogP contribution in [-0.4, -0.2) is 28.9 Å². The monoisotopic (exact) mass is 257 g/mol. The van der Waals surface area contributed by atoms with Crippen molar-refractivity contribution in [1.82, 2.24) is 3.71 Å². The van der Waals surface area contributed by atoms with E-state index in [9.17, 15) is 4.79 Å². The third kappa shape index (κ3) is 2.08. The Morgan fingerprint density at radius 3 is 2.62 bits per heavy atom. The van der Waals surface area contributed by atoms with Crippen molar-refractivity contribution in [2.45, 2.75) is 0 Å². The van der Waals surface area contributed by atoms with E-state index < -0.39 is 0 Å². The first kappa shape index (κ1) is 11.5. The molecule has 0 aromatic heterocycles. The van der Waals surface area contributed by atoms with E-state index in [-0.39, 0.29) is 12.7 Å². The molecular weight excluding hydrogens is 246 g/mol. The van der Waals surface area contributed by atoms with Gasteiger partial charge in [-0.3, -0.25) is 4.79 Å². The lowest BCUT2D eigenvalue weighted by atomic mass is 10.2. The van der Waals surface area contributed by atoms with E-state index in [2.05, 4.69) is 0 Å². The highest BCUT2D eigenvalue weighted by Crippen LogP contribution is 2.33. The van der Waals surface area contributed by atoms with Crippen LogP contribution < -0.4 is 9.47 Å². The summed E-state index contributed by atoms with van der Waals surface area (Å²) in [5.74, 6) is 1.28. The Hall–Kier alpha value is -1.01. The van der Waals surface area contributed by atoms with Gasteiger partial charge in [-0.2, -0.15) is 0 Å². The summed E-state index contributed by atoms with van der Waals surface area (Å²) in [4.78, 5) is 12.0. The molecule has 0 fully saturated rings. The van der Waals surface area contributed by atoms with Crippen LogP contribution in [0.3, 0.4) is 0 Å². The number of nitrogens with zero attached hydrogens (tertiary/aromatic N) is 1. The normalized spacial score (nSPS) is 12.6. The van der Waals surface area contributed by atoms with Gasteiger partial charge in [-0.15, -0.1) is 0 Å². The lowest BCUT2D eigenvalue weighted by molar-refractivity contribution is 0.0934. The summed E-state index contributed by atoms with van der Waals surface area (Å²) in [6, 6.07) is 5.22. The molecule has 0 saturated heterocycles. The molecule has 0 aliphatic carbocycles. The second kappa shape index (κ2) is 4.88. The van der Waals surface area contributed by atoms with Crippen molar-refractivity contribution in [3.05, 3.63) is 23.8 Å². The summed E-state index contributed by atoms with van der Waals surface area (Å²) in [6.07, 6.45) is 3.72. The highest BCUT2D eigenvalue weighted by Gasteiger charge is 2.19. The minimum absolute atomic E-state index is 0.0432. The Bertz CT molecular complexity index is 407. The maximum atomic E-state index is 12.0. The predicted octanol–water partition coefficient (Wildman–Crippen LogP) is 2.41. The first-order valence-corrected chi connectivity index (χ1v) is 6.95. The Labute approximate surface area is 103 Å². The van der Waals surface area contributed by atoms with Crippen LogP contribution in [0.15, 0.2) is 18.2 Å². The summed E-state index contributed by atoms with van der Waals surface area (Å²) < 4.78 is 12.0. The number of benzene rings is 1. The van der Waals surface area contributed by atoms with Crippen molar-refractivity contribution in [3.8, 4) is 11.5 Å². The molecule has 0 bridgehead atoms. The second-order valence-electron chi connectivity index (χ2n) is 3.00. The second-order valence-corrected chi connectivity index (χ2v) is 4.69. The number of hydrogen-bond donors (Lipinski definition) is 0. The van der Waals surface area contributed by atoms with E-state index in [1.165, 1.54) is 23.9 Å². The van der Waals surface area contributed by atoms with Gasteiger partial charge in [0.15, 0.2) is 11.5 Å². The Balaban J connectivity index is 2.24. The van der Waals surface area contributed by atoms with Gasteiger partial charge < -0.3 is 9.47 Å². The summed E-state index contributed by atoms with van der Waals surface area (Å²) in [6.45, 7) is 0.224. The number of ether oxygens (including phenoxy) is 2. The first-order chi connectivity index (χ1) is 7.76. The molecule has 0 radical (unpaired) electrons. The van der Waals surface area contributed by atoms with Crippen molar-refractivity contribution < 1.29 is 14.3 Å². The third-order valence-electron chi connectivity index (χ3n) is 2.12. The van der Waals surface area contributed by atoms with Crippen molar-refractivity contribution in [1.29, 1.82) is 0 Å². The molecule has 0 spiro atoms. The topological polar surface area (TPSA) is 38.8 Å². The quantitative estimate of drug-likeness (QED) is 0.778. The van der Waals surface area contributed by atoms with Gasteiger partial charge in [0.05, 0.1) is 0 Å². The van der Waals surface area contributed by atoms with Gasteiger partial charge >= 0.3 is 0 Å². The van der Waals surface area contributed by atoms with Crippen LogP contribution in [0.25, 0.3) is 0 Å². The number of hydrogen-bond acceptors (Lipinski definition) is 5. The van der Waals surface area contributed by atoms with Gasteiger partial charge in [-0.05, 0) is 42.1 Å². The molecule has 1 aliphatic rings. The van der Waals surface area contributed by atoms with Gasteiger partial charge in [-0.25, -0.2) is 3.71 Å².